The van der Waals surface area contributed by atoms with Gasteiger partial charge in [-0.2, -0.15) is 0 Å². The normalized spacial score (nSPS) is 24.0. The molecule has 1 saturated carbocycles. The molecule has 3 aliphatic rings. The van der Waals surface area contributed by atoms with E-state index in [9.17, 15) is 4.79 Å². The third-order valence-electron chi connectivity index (χ3n) is 6.53. The zero-order valence-corrected chi connectivity index (χ0v) is 17.3. The minimum absolute atomic E-state index is 0.343. The first kappa shape index (κ1) is 20.1. The minimum atomic E-state index is 0.343. The molecule has 1 aliphatic carbocycles. The van der Waals surface area contributed by atoms with Gasteiger partial charge >= 0.3 is 0 Å². The van der Waals surface area contributed by atoms with E-state index in [2.05, 4.69) is 40.4 Å². The number of likely N-dealkylation sites (tertiary alicyclic amines) is 1. The van der Waals surface area contributed by atoms with Crippen LogP contribution in [0.4, 0.5) is 0 Å². The lowest BCUT2D eigenvalue weighted by Gasteiger charge is -2.40. The predicted octanol–water partition coefficient (Wildman–Crippen LogP) is 2.13. The van der Waals surface area contributed by atoms with E-state index in [0.29, 0.717) is 18.5 Å². The molecule has 0 atom stereocenters. The number of rotatable bonds is 8. The molecule has 1 amide bonds. The van der Waals surface area contributed by atoms with Crippen LogP contribution in [0.15, 0.2) is 0 Å². The Kier molecular flexibility index (Phi) is 7.35. The molecule has 0 aromatic carbocycles. The standard InChI is InChI=1S/C21H40N4O/c1-4-9-25(16-19-5-6-19)20-7-10-22(11-8-20)17-21(26)24-14-12-23(13-15-24)18(2)3/h18-20H,4-17H2,1-3H3. The van der Waals surface area contributed by atoms with Crippen LogP contribution in [-0.2, 0) is 4.79 Å². The van der Waals surface area contributed by atoms with Crippen molar-refractivity contribution in [3.05, 3.63) is 0 Å². The van der Waals surface area contributed by atoms with Gasteiger partial charge in [-0.15, -0.1) is 0 Å². The van der Waals surface area contributed by atoms with Crippen molar-refractivity contribution in [2.75, 3.05) is 58.9 Å². The first-order valence-electron chi connectivity index (χ1n) is 11.0. The molecule has 2 heterocycles. The number of piperidine rings is 1. The van der Waals surface area contributed by atoms with E-state index in [-0.39, 0.29) is 0 Å². The van der Waals surface area contributed by atoms with E-state index in [0.717, 1.165) is 51.2 Å². The maximum absolute atomic E-state index is 12.7. The van der Waals surface area contributed by atoms with Crippen LogP contribution in [0.5, 0.6) is 0 Å². The number of nitrogens with zero attached hydrogens (tertiary/aromatic N) is 4. The molecule has 3 rings (SSSR count). The van der Waals surface area contributed by atoms with Gasteiger partial charge in [-0.3, -0.25) is 14.6 Å². The molecule has 0 spiro atoms. The van der Waals surface area contributed by atoms with Crippen LogP contribution >= 0.6 is 0 Å². The molecule has 0 aromatic rings. The minimum Gasteiger partial charge on any atom is -0.339 e. The van der Waals surface area contributed by atoms with Crippen molar-refractivity contribution in [3.8, 4) is 0 Å². The second-order valence-electron chi connectivity index (χ2n) is 8.96. The van der Waals surface area contributed by atoms with Crippen molar-refractivity contribution in [3.63, 3.8) is 0 Å². The highest BCUT2D eigenvalue weighted by atomic mass is 16.2. The Morgan fingerprint density at radius 3 is 2.19 bits per heavy atom. The van der Waals surface area contributed by atoms with Crippen LogP contribution < -0.4 is 0 Å². The SMILES string of the molecule is CCCN(CC1CC1)C1CCN(CC(=O)N2CCN(C(C)C)CC2)CC1. The van der Waals surface area contributed by atoms with Gasteiger partial charge < -0.3 is 9.80 Å². The molecule has 2 aliphatic heterocycles. The highest BCUT2D eigenvalue weighted by Crippen LogP contribution is 2.31. The summed E-state index contributed by atoms with van der Waals surface area (Å²) in [6.45, 7) is 16.0. The largest absolute Gasteiger partial charge is 0.339 e. The molecule has 3 fully saturated rings. The maximum atomic E-state index is 12.7. The quantitative estimate of drug-likeness (QED) is 0.660. The predicted molar refractivity (Wildman–Crippen MR) is 107 cm³/mol. The summed E-state index contributed by atoms with van der Waals surface area (Å²) in [5.41, 5.74) is 0. The van der Waals surface area contributed by atoms with E-state index < -0.39 is 0 Å². The van der Waals surface area contributed by atoms with E-state index >= 15 is 0 Å². The van der Waals surface area contributed by atoms with Gasteiger partial charge in [-0.1, -0.05) is 6.92 Å². The van der Waals surface area contributed by atoms with Crippen molar-refractivity contribution < 1.29 is 4.79 Å². The molecule has 0 bridgehead atoms. The Labute approximate surface area is 160 Å². The average molecular weight is 365 g/mol. The third kappa shape index (κ3) is 5.67. The highest BCUT2D eigenvalue weighted by molar-refractivity contribution is 5.78. The van der Waals surface area contributed by atoms with Crippen molar-refractivity contribution in [2.45, 2.75) is 65.0 Å². The summed E-state index contributed by atoms with van der Waals surface area (Å²) in [5, 5.41) is 0. The first-order chi connectivity index (χ1) is 12.6. The Bertz CT molecular complexity index is 435. The fourth-order valence-electron chi connectivity index (χ4n) is 4.56. The lowest BCUT2D eigenvalue weighted by Crippen LogP contribution is -2.54. The van der Waals surface area contributed by atoms with Crippen LogP contribution in [0.2, 0.25) is 0 Å². The molecule has 0 N–H and O–H groups in total. The Hall–Kier alpha value is -0.650. The van der Waals surface area contributed by atoms with Crippen LogP contribution in [0.1, 0.15) is 52.9 Å². The molecule has 0 radical (unpaired) electrons. The van der Waals surface area contributed by atoms with E-state index in [1.165, 1.54) is 45.2 Å². The van der Waals surface area contributed by atoms with Crippen LogP contribution in [-0.4, -0.2) is 96.5 Å². The van der Waals surface area contributed by atoms with Crippen molar-refractivity contribution >= 4 is 5.91 Å². The van der Waals surface area contributed by atoms with Crippen LogP contribution in [0.3, 0.4) is 0 Å². The maximum Gasteiger partial charge on any atom is 0.236 e. The Morgan fingerprint density at radius 2 is 1.65 bits per heavy atom. The number of hydrogen-bond donors (Lipinski definition) is 0. The van der Waals surface area contributed by atoms with E-state index in [1.807, 2.05) is 0 Å². The second-order valence-corrected chi connectivity index (χ2v) is 8.96. The molecule has 0 aromatic heterocycles. The van der Waals surface area contributed by atoms with Gasteiger partial charge in [0.2, 0.25) is 5.91 Å². The summed E-state index contributed by atoms with van der Waals surface area (Å²) in [6, 6.07) is 1.34. The van der Waals surface area contributed by atoms with Gasteiger partial charge in [-0.05, 0) is 58.4 Å². The highest BCUT2D eigenvalue weighted by Gasteiger charge is 2.31. The summed E-state index contributed by atoms with van der Waals surface area (Å²) in [4.78, 5) is 22.4. The summed E-state index contributed by atoms with van der Waals surface area (Å²) in [5.74, 6) is 1.32. The summed E-state index contributed by atoms with van der Waals surface area (Å²) < 4.78 is 0. The van der Waals surface area contributed by atoms with Gasteiger partial charge in [-0.25, -0.2) is 0 Å². The molecule has 150 valence electrons. The molecular weight excluding hydrogens is 324 g/mol. The van der Waals surface area contributed by atoms with Gasteiger partial charge in [0.1, 0.15) is 0 Å². The lowest BCUT2D eigenvalue weighted by molar-refractivity contribution is -0.134. The monoisotopic (exact) mass is 364 g/mol. The summed E-state index contributed by atoms with van der Waals surface area (Å²) in [7, 11) is 0. The van der Waals surface area contributed by atoms with Crippen LogP contribution in [0, 0.1) is 5.92 Å². The Morgan fingerprint density at radius 1 is 1.00 bits per heavy atom. The molecule has 5 nitrogen and oxygen atoms in total. The first-order valence-corrected chi connectivity index (χ1v) is 11.0. The van der Waals surface area contributed by atoms with E-state index in [4.69, 9.17) is 0 Å². The lowest BCUT2D eigenvalue weighted by atomic mass is 10.0. The topological polar surface area (TPSA) is 30.0 Å². The zero-order chi connectivity index (χ0) is 18.5. The molecular formula is C21H40N4O. The molecule has 5 heteroatoms. The second kappa shape index (κ2) is 9.52. The third-order valence-corrected chi connectivity index (χ3v) is 6.53. The zero-order valence-electron chi connectivity index (χ0n) is 17.3. The van der Waals surface area contributed by atoms with Gasteiger partial charge in [0, 0.05) is 57.9 Å². The van der Waals surface area contributed by atoms with E-state index in [1.54, 1.807) is 0 Å². The van der Waals surface area contributed by atoms with Crippen molar-refractivity contribution in [2.24, 2.45) is 5.92 Å². The smallest absolute Gasteiger partial charge is 0.236 e. The number of hydrogen-bond acceptors (Lipinski definition) is 4. The number of amides is 1. The van der Waals surface area contributed by atoms with Gasteiger partial charge in [0.05, 0.1) is 6.54 Å². The van der Waals surface area contributed by atoms with Gasteiger partial charge in [0.15, 0.2) is 0 Å². The van der Waals surface area contributed by atoms with Crippen LogP contribution in [0.25, 0.3) is 0 Å². The molecule has 0 unspecified atom stereocenters. The summed E-state index contributed by atoms with van der Waals surface area (Å²) in [6.07, 6.45) is 6.62. The van der Waals surface area contributed by atoms with Crippen molar-refractivity contribution in [1.29, 1.82) is 0 Å². The molecule has 26 heavy (non-hydrogen) atoms. The van der Waals surface area contributed by atoms with Gasteiger partial charge in [0.25, 0.3) is 0 Å². The summed E-state index contributed by atoms with van der Waals surface area (Å²) >= 11 is 0. The number of carbonyl (C=O) groups is 1. The number of piperazine rings is 1. The fraction of sp³-hybridized carbons (Fsp3) is 0.952. The Balaban J connectivity index is 1.38. The average Bonchev–Trinajstić information content (AvgIpc) is 3.46. The fourth-order valence-corrected chi connectivity index (χ4v) is 4.56. The molecule has 2 saturated heterocycles. The number of carbonyl (C=O) groups excluding carboxylic acids is 1. The van der Waals surface area contributed by atoms with Crippen molar-refractivity contribution in [1.82, 2.24) is 19.6 Å².